The molecule has 33 heavy (non-hydrogen) atoms. The molecule has 0 saturated heterocycles. The van der Waals surface area contributed by atoms with E-state index in [1.807, 2.05) is 32.9 Å². The van der Waals surface area contributed by atoms with Crippen molar-refractivity contribution in [1.29, 1.82) is 0 Å². The van der Waals surface area contributed by atoms with Gasteiger partial charge >= 0.3 is 0 Å². The van der Waals surface area contributed by atoms with Gasteiger partial charge in [0.1, 0.15) is 11.8 Å². The summed E-state index contributed by atoms with van der Waals surface area (Å²) in [6.07, 6.45) is 1.61. The standard InChI is InChI=1S/C25H31N3O5/c1-14(2)19-10-18(16(5)9-21(19)31-6)12-26-28-25(30)23(15(3)4)27-24(29)17-7-8-20-22(11-17)33-13-32-20/h7-12,14-15,23H,13H2,1-6H3,(H,27,29)(H,28,30)/b26-12+. The van der Waals surface area contributed by atoms with Gasteiger partial charge in [-0.05, 0) is 65.8 Å². The van der Waals surface area contributed by atoms with E-state index < -0.39 is 11.9 Å². The molecule has 2 amide bonds. The molecule has 0 bridgehead atoms. The zero-order valence-corrected chi connectivity index (χ0v) is 19.9. The zero-order valence-electron chi connectivity index (χ0n) is 19.9. The van der Waals surface area contributed by atoms with Gasteiger partial charge in [-0.2, -0.15) is 5.10 Å². The van der Waals surface area contributed by atoms with Crippen LogP contribution in [0.1, 0.15) is 60.7 Å². The third-order valence-electron chi connectivity index (χ3n) is 5.49. The highest BCUT2D eigenvalue weighted by molar-refractivity contribution is 5.98. The summed E-state index contributed by atoms with van der Waals surface area (Å²) in [6, 6.07) is 8.12. The first-order valence-electron chi connectivity index (χ1n) is 10.9. The summed E-state index contributed by atoms with van der Waals surface area (Å²) in [6.45, 7) is 9.98. The maximum Gasteiger partial charge on any atom is 0.262 e. The van der Waals surface area contributed by atoms with Gasteiger partial charge in [0, 0.05) is 5.56 Å². The molecule has 0 fully saturated rings. The number of aryl methyl sites for hydroxylation is 1. The van der Waals surface area contributed by atoms with Crippen molar-refractivity contribution < 1.29 is 23.8 Å². The van der Waals surface area contributed by atoms with Gasteiger partial charge in [0.2, 0.25) is 6.79 Å². The molecule has 176 valence electrons. The van der Waals surface area contributed by atoms with Crippen LogP contribution in [0, 0.1) is 12.8 Å². The summed E-state index contributed by atoms with van der Waals surface area (Å²) in [5, 5.41) is 6.92. The number of hydrogen-bond donors (Lipinski definition) is 2. The first kappa shape index (κ1) is 24.1. The predicted molar refractivity (Wildman–Crippen MR) is 126 cm³/mol. The number of carbonyl (C=O) groups is 2. The highest BCUT2D eigenvalue weighted by atomic mass is 16.7. The fourth-order valence-corrected chi connectivity index (χ4v) is 3.52. The smallest absolute Gasteiger partial charge is 0.262 e. The Morgan fingerprint density at radius 1 is 1.09 bits per heavy atom. The summed E-state index contributed by atoms with van der Waals surface area (Å²) in [5.74, 6) is 1.29. The summed E-state index contributed by atoms with van der Waals surface area (Å²) < 4.78 is 16.1. The second kappa shape index (κ2) is 10.4. The van der Waals surface area contributed by atoms with Crippen molar-refractivity contribution in [3.05, 3.63) is 52.6 Å². The quantitative estimate of drug-likeness (QED) is 0.468. The van der Waals surface area contributed by atoms with Crippen LogP contribution in [0.25, 0.3) is 0 Å². The third-order valence-corrected chi connectivity index (χ3v) is 5.49. The van der Waals surface area contributed by atoms with Crippen molar-refractivity contribution in [3.63, 3.8) is 0 Å². The van der Waals surface area contributed by atoms with Gasteiger partial charge in [-0.15, -0.1) is 0 Å². The van der Waals surface area contributed by atoms with Crippen LogP contribution in [-0.2, 0) is 4.79 Å². The number of methoxy groups -OCH3 is 1. The van der Waals surface area contributed by atoms with Crippen LogP contribution in [0.5, 0.6) is 17.2 Å². The Morgan fingerprint density at radius 3 is 2.48 bits per heavy atom. The Kier molecular flexibility index (Phi) is 7.58. The minimum atomic E-state index is -0.761. The summed E-state index contributed by atoms with van der Waals surface area (Å²) in [7, 11) is 1.65. The van der Waals surface area contributed by atoms with Gasteiger partial charge < -0.3 is 19.5 Å². The minimum absolute atomic E-state index is 0.127. The topological polar surface area (TPSA) is 98.2 Å². The predicted octanol–water partition coefficient (Wildman–Crippen LogP) is 3.76. The number of rotatable bonds is 8. The Bertz CT molecular complexity index is 1060. The highest BCUT2D eigenvalue weighted by Gasteiger charge is 2.25. The molecule has 0 aromatic heterocycles. The zero-order chi connectivity index (χ0) is 24.1. The number of nitrogens with one attached hydrogen (secondary N) is 2. The average Bonchev–Trinajstić information content (AvgIpc) is 3.25. The summed E-state index contributed by atoms with van der Waals surface area (Å²) >= 11 is 0. The van der Waals surface area contributed by atoms with Crippen molar-refractivity contribution in [2.45, 2.75) is 46.6 Å². The monoisotopic (exact) mass is 453 g/mol. The fraction of sp³-hybridized carbons (Fsp3) is 0.400. The van der Waals surface area contributed by atoms with E-state index >= 15 is 0 Å². The third kappa shape index (κ3) is 5.63. The largest absolute Gasteiger partial charge is 0.496 e. The minimum Gasteiger partial charge on any atom is -0.496 e. The number of ether oxygens (including phenoxy) is 3. The molecule has 1 atom stereocenters. The maximum atomic E-state index is 12.8. The van der Waals surface area contributed by atoms with Crippen molar-refractivity contribution in [2.75, 3.05) is 13.9 Å². The number of benzene rings is 2. The van der Waals surface area contributed by atoms with Gasteiger partial charge in [0.25, 0.3) is 11.8 Å². The van der Waals surface area contributed by atoms with Gasteiger partial charge in [-0.1, -0.05) is 27.7 Å². The number of nitrogens with zero attached hydrogens (tertiary/aromatic N) is 1. The Labute approximate surface area is 194 Å². The lowest BCUT2D eigenvalue weighted by molar-refractivity contribution is -0.123. The molecule has 0 saturated carbocycles. The molecule has 2 N–H and O–H groups in total. The Hall–Kier alpha value is -3.55. The van der Waals surface area contributed by atoms with Gasteiger partial charge in [-0.3, -0.25) is 9.59 Å². The Balaban J connectivity index is 1.69. The van der Waals surface area contributed by atoms with Crippen LogP contribution in [0.2, 0.25) is 0 Å². The summed E-state index contributed by atoms with van der Waals surface area (Å²) in [4.78, 5) is 25.5. The van der Waals surface area contributed by atoms with E-state index in [1.165, 1.54) is 0 Å². The second-order valence-corrected chi connectivity index (χ2v) is 8.60. The van der Waals surface area contributed by atoms with E-state index in [-0.39, 0.29) is 24.5 Å². The van der Waals surface area contributed by atoms with Crippen LogP contribution < -0.4 is 25.0 Å². The van der Waals surface area contributed by atoms with Crippen LogP contribution in [0.3, 0.4) is 0 Å². The molecule has 0 radical (unpaired) electrons. The first-order chi connectivity index (χ1) is 15.7. The second-order valence-electron chi connectivity index (χ2n) is 8.60. The highest BCUT2D eigenvalue weighted by Crippen LogP contribution is 2.32. The molecule has 1 unspecified atom stereocenters. The molecule has 1 aliphatic rings. The number of carbonyl (C=O) groups excluding carboxylic acids is 2. The molecular formula is C25H31N3O5. The number of fused-ring (bicyclic) bond motifs is 1. The molecule has 1 aliphatic heterocycles. The molecule has 3 rings (SSSR count). The maximum absolute atomic E-state index is 12.8. The van der Waals surface area contributed by atoms with Gasteiger partial charge in [-0.25, -0.2) is 5.43 Å². The van der Waals surface area contributed by atoms with Gasteiger partial charge in [0.15, 0.2) is 11.5 Å². The molecule has 2 aromatic carbocycles. The molecular weight excluding hydrogens is 422 g/mol. The van der Waals surface area contributed by atoms with E-state index in [4.69, 9.17) is 14.2 Å². The van der Waals surface area contributed by atoms with E-state index in [2.05, 4.69) is 29.7 Å². The van der Waals surface area contributed by atoms with Crippen LogP contribution in [0.4, 0.5) is 0 Å². The van der Waals surface area contributed by atoms with Crippen LogP contribution in [0.15, 0.2) is 35.4 Å². The van der Waals surface area contributed by atoms with Crippen molar-refractivity contribution >= 4 is 18.0 Å². The molecule has 8 nitrogen and oxygen atoms in total. The molecule has 2 aromatic rings. The molecule has 8 heteroatoms. The lowest BCUT2D eigenvalue weighted by Crippen LogP contribution is -2.48. The SMILES string of the molecule is COc1cc(C)c(/C=N/NC(=O)C(NC(=O)c2ccc3c(c2)OCO3)C(C)C)cc1C(C)C. The molecule has 0 aliphatic carbocycles. The number of amides is 2. The first-order valence-corrected chi connectivity index (χ1v) is 10.9. The lowest BCUT2D eigenvalue weighted by Gasteiger charge is -2.20. The Morgan fingerprint density at radius 2 is 1.82 bits per heavy atom. The van der Waals surface area contributed by atoms with Crippen LogP contribution >= 0.6 is 0 Å². The van der Waals surface area contributed by atoms with E-state index in [0.717, 1.165) is 22.4 Å². The molecule has 0 spiro atoms. The van der Waals surface area contributed by atoms with Crippen molar-refractivity contribution in [3.8, 4) is 17.2 Å². The van der Waals surface area contributed by atoms with Crippen molar-refractivity contribution in [2.24, 2.45) is 11.0 Å². The number of hydrazone groups is 1. The summed E-state index contributed by atoms with van der Waals surface area (Å²) in [5.41, 5.74) is 5.86. The van der Waals surface area contributed by atoms with Gasteiger partial charge in [0.05, 0.1) is 13.3 Å². The van der Waals surface area contributed by atoms with E-state index in [9.17, 15) is 9.59 Å². The van der Waals surface area contributed by atoms with Crippen molar-refractivity contribution in [1.82, 2.24) is 10.7 Å². The van der Waals surface area contributed by atoms with E-state index in [0.29, 0.717) is 17.1 Å². The fourth-order valence-electron chi connectivity index (χ4n) is 3.52. The normalized spacial score (nSPS) is 13.5. The molecule has 1 heterocycles. The number of hydrogen-bond acceptors (Lipinski definition) is 6. The average molecular weight is 454 g/mol. The van der Waals surface area contributed by atoms with Crippen LogP contribution in [-0.4, -0.2) is 38.0 Å². The van der Waals surface area contributed by atoms with E-state index in [1.54, 1.807) is 31.5 Å². The lowest BCUT2D eigenvalue weighted by atomic mass is 9.97.